The lowest BCUT2D eigenvalue weighted by molar-refractivity contribution is -0.148. The summed E-state index contributed by atoms with van der Waals surface area (Å²) in [4.78, 5) is 13.5. The zero-order chi connectivity index (χ0) is 16.0. The Labute approximate surface area is 142 Å². The van der Waals surface area contributed by atoms with Gasteiger partial charge in [0.05, 0.1) is 6.54 Å². The predicted octanol–water partition coefficient (Wildman–Crippen LogP) is 2.19. The molecule has 0 aromatic carbocycles. The van der Waals surface area contributed by atoms with Crippen molar-refractivity contribution in [3.63, 3.8) is 0 Å². The van der Waals surface area contributed by atoms with E-state index in [1.807, 2.05) is 0 Å². The third-order valence-electron chi connectivity index (χ3n) is 4.67. The summed E-state index contributed by atoms with van der Waals surface area (Å²) in [5.41, 5.74) is 0. The molecule has 0 bridgehead atoms. The summed E-state index contributed by atoms with van der Waals surface area (Å²) in [6.45, 7) is 2.66. The molecular formula is C15H27ClF3N3O. The number of alkyl halides is 3. The van der Waals surface area contributed by atoms with Crippen molar-refractivity contribution in [2.45, 2.75) is 38.3 Å². The van der Waals surface area contributed by atoms with Gasteiger partial charge in [0.15, 0.2) is 0 Å². The summed E-state index contributed by atoms with van der Waals surface area (Å²) in [6.07, 6.45) is 0.133. The van der Waals surface area contributed by atoms with E-state index in [1.165, 1.54) is 4.90 Å². The fourth-order valence-electron chi connectivity index (χ4n) is 3.31. The van der Waals surface area contributed by atoms with Crippen molar-refractivity contribution in [1.82, 2.24) is 15.5 Å². The highest BCUT2D eigenvalue weighted by atomic mass is 35.5. The normalized spacial score (nSPS) is 21.7. The minimum Gasteiger partial charge on any atom is -0.356 e. The Balaban J connectivity index is 0.00000264. The number of likely N-dealkylation sites (tertiary alicyclic amines) is 1. The Kier molecular flexibility index (Phi) is 8.64. The second-order valence-electron chi connectivity index (χ2n) is 6.44. The summed E-state index contributed by atoms with van der Waals surface area (Å²) in [6, 6.07) is 0. The Morgan fingerprint density at radius 2 is 1.74 bits per heavy atom. The van der Waals surface area contributed by atoms with Gasteiger partial charge in [-0.1, -0.05) is 0 Å². The molecule has 0 radical (unpaired) electrons. The Bertz CT molecular complexity index is 354. The van der Waals surface area contributed by atoms with Crippen LogP contribution in [-0.4, -0.2) is 56.3 Å². The van der Waals surface area contributed by atoms with Crippen LogP contribution < -0.4 is 10.6 Å². The van der Waals surface area contributed by atoms with Gasteiger partial charge in [0, 0.05) is 12.5 Å². The van der Waals surface area contributed by atoms with Crippen molar-refractivity contribution < 1.29 is 18.0 Å². The summed E-state index contributed by atoms with van der Waals surface area (Å²) < 4.78 is 36.9. The van der Waals surface area contributed by atoms with Crippen LogP contribution in [0.4, 0.5) is 13.2 Å². The number of nitrogens with zero attached hydrogens (tertiary/aromatic N) is 1. The lowest BCUT2D eigenvalue weighted by atomic mass is 9.93. The molecule has 0 aromatic rings. The summed E-state index contributed by atoms with van der Waals surface area (Å²) >= 11 is 0. The number of halogens is 4. The van der Waals surface area contributed by atoms with Gasteiger partial charge in [-0.2, -0.15) is 13.2 Å². The molecule has 4 nitrogen and oxygen atoms in total. The molecular weight excluding hydrogens is 331 g/mol. The topological polar surface area (TPSA) is 44.4 Å². The third-order valence-corrected chi connectivity index (χ3v) is 4.67. The maximum absolute atomic E-state index is 12.3. The van der Waals surface area contributed by atoms with E-state index >= 15 is 0 Å². The Hall–Kier alpha value is -0.530. The van der Waals surface area contributed by atoms with E-state index in [0.29, 0.717) is 25.6 Å². The zero-order valence-electron chi connectivity index (χ0n) is 13.3. The van der Waals surface area contributed by atoms with Gasteiger partial charge < -0.3 is 10.6 Å². The number of hydrogen-bond acceptors (Lipinski definition) is 3. The number of rotatable bonds is 5. The van der Waals surface area contributed by atoms with Gasteiger partial charge in [0.25, 0.3) is 0 Å². The van der Waals surface area contributed by atoms with Gasteiger partial charge in [0.1, 0.15) is 0 Å². The molecule has 8 heteroatoms. The van der Waals surface area contributed by atoms with Gasteiger partial charge in [-0.3, -0.25) is 9.69 Å². The van der Waals surface area contributed by atoms with Gasteiger partial charge in [0.2, 0.25) is 5.91 Å². The molecule has 0 atom stereocenters. The second-order valence-corrected chi connectivity index (χ2v) is 6.44. The van der Waals surface area contributed by atoms with Crippen LogP contribution in [-0.2, 0) is 4.79 Å². The standard InChI is InChI=1S/C15H26F3N3O.ClH/c16-15(17,18)11-21-9-4-12(5-10-21)1-8-20-14(22)13-2-6-19-7-3-13;/h12-13,19H,1-11H2,(H,20,22);1H. The minimum absolute atomic E-state index is 0. The van der Waals surface area contributed by atoms with Crippen LogP contribution in [0.25, 0.3) is 0 Å². The third kappa shape index (κ3) is 7.72. The SMILES string of the molecule is Cl.O=C(NCCC1CCN(CC(F)(F)F)CC1)C1CCNCC1. The molecule has 2 N–H and O–H groups in total. The van der Waals surface area contributed by atoms with Gasteiger partial charge in [-0.25, -0.2) is 0 Å². The van der Waals surface area contributed by atoms with Crippen molar-refractivity contribution in [1.29, 1.82) is 0 Å². The van der Waals surface area contributed by atoms with Crippen LogP contribution >= 0.6 is 12.4 Å². The average molecular weight is 358 g/mol. The molecule has 0 aliphatic carbocycles. The van der Waals surface area contributed by atoms with E-state index in [2.05, 4.69) is 10.6 Å². The van der Waals surface area contributed by atoms with E-state index in [9.17, 15) is 18.0 Å². The van der Waals surface area contributed by atoms with E-state index in [0.717, 1.165) is 45.2 Å². The van der Waals surface area contributed by atoms with Crippen molar-refractivity contribution in [3.05, 3.63) is 0 Å². The maximum atomic E-state index is 12.3. The quantitative estimate of drug-likeness (QED) is 0.792. The molecule has 23 heavy (non-hydrogen) atoms. The Morgan fingerprint density at radius 1 is 1.13 bits per heavy atom. The van der Waals surface area contributed by atoms with Crippen LogP contribution in [0.5, 0.6) is 0 Å². The summed E-state index contributed by atoms with van der Waals surface area (Å²) in [5.74, 6) is 0.684. The van der Waals surface area contributed by atoms with Gasteiger partial charge in [-0.15, -0.1) is 12.4 Å². The largest absolute Gasteiger partial charge is 0.401 e. The van der Waals surface area contributed by atoms with Crippen molar-refractivity contribution in [2.75, 3.05) is 39.3 Å². The monoisotopic (exact) mass is 357 g/mol. The first-order valence-electron chi connectivity index (χ1n) is 8.21. The van der Waals surface area contributed by atoms with Crippen LogP contribution in [0, 0.1) is 11.8 Å². The zero-order valence-corrected chi connectivity index (χ0v) is 14.1. The minimum atomic E-state index is -4.10. The van der Waals surface area contributed by atoms with Gasteiger partial charge in [-0.05, 0) is 64.2 Å². The second kappa shape index (κ2) is 9.69. The Morgan fingerprint density at radius 3 is 2.30 bits per heavy atom. The number of amides is 1. The number of carbonyl (C=O) groups is 1. The van der Waals surface area contributed by atoms with E-state index in [4.69, 9.17) is 0 Å². The van der Waals surface area contributed by atoms with Crippen LogP contribution in [0.2, 0.25) is 0 Å². The molecule has 2 aliphatic rings. The van der Waals surface area contributed by atoms with E-state index in [1.54, 1.807) is 0 Å². The van der Waals surface area contributed by atoms with Crippen LogP contribution in [0.3, 0.4) is 0 Å². The molecule has 0 aromatic heterocycles. The average Bonchev–Trinajstić information content (AvgIpc) is 2.48. The van der Waals surface area contributed by atoms with E-state index in [-0.39, 0.29) is 24.2 Å². The first-order chi connectivity index (χ1) is 10.4. The molecule has 0 saturated carbocycles. The number of carbonyl (C=O) groups excluding carboxylic acids is 1. The molecule has 1 amide bonds. The molecule has 2 saturated heterocycles. The van der Waals surface area contributed by atoms with Crippen LogP contribution in [0.15, 0.2) is 0 Å². The van der Waals surface area contributed by atoms with Crippen molar-refractivity contribution in [3.8, 4) is 0 Å². The first kappa shape index (κ1) is 20.5. The lowest BCUT2D eigenvalue weighted by Crippen LogP contribution is -2.41. The molecule has 136 valence electrons. The predicted molar refractivity (Wildman–Crippen MR) is 85.7 cm³/mol. The lowest BCUT2D eigenvalue weighted by Gasteiger charge is -2.32. The fraction of sp³-hybridized carbons (Fsp3) is 0.933. The number of hydrogen-bond donors (Lipinski definition) is 2. The highest BCUT2D eigenvalue weighted by Crippen LogP contribution is 2.24. The smallest absolute Gasteiger partial charge is 0.356 e. The molecule has 2 fully saturated rings. The van der Waals surface area contributed by atoms with Crippen LogP contribution in [0.1, 0.15) is 32.1 Å². The molecule has 2 heterocycles. The van der Waals surface area contributed by atoms with Crippen molar-refractivity contribution >= 4 is 18.3 Å². The molecule has 2 rings (SSSR count). The molecule has 0 unspecified atom stereocenters. The summed E-state index contributed by atoms with van der Waals surface area (Å²) in [5, 5.41) is 6.22. The van der Waals surface area contributed by atoms with Gasteiger partial charge >= 0.3 is 6.18 Å². The number of nitrogens with one attached hydrogen (secondary N) is 2. The van der Waals surface area contributed by atoms with Crippen molar-refractivity contribution in [2.24, 2.45) is 11.8 Å². The number of piperidine rings is 2. The highest BCUT2D eigenvalue weighted by molar-refractivity contribution is 5.85. The fourth-order valence-corrected chi connectivity index (χ4v) is 3.31. The first-order valence-corrected chi connectivity index (χ1v) is 8.21. The highest BCUT2D eigenvalue weighted by Gasteiger charge is 2.32. The summed E-state index contributed by atoms with van der Waals surface area (Å²) in [7, 11) is 0. The molecule has 0 spiro atoms. The van der Waals surface area contributed by atoms with E-state index < -0.39 is 12.7 Å². The maximum Gasteiger partial charge on any atom is 0.401 e. The molecule has 2 aliphatic heterocycles.